The van der Waals surface area contributed by atoms with Crippen molar-refractivity contribution in [3.8, 4) is 0 Å². The maximum Gasteiger partial charge on any atom is 0.315 e. The fourth-order valence-electron chi connectivity index (χ4n) is 3.27. The Morgan fingerprint density at radius 1 is 1.27 bits per heavy atom. The van der Waals surface area contributed by atoms with Gasteiger partial charge in [0.25, 0.3) is 0 Å². The number of unbranched alkanes of at least 4 members (excludes halogenated alkanes) is 1. The molecular formula is C18H32N2O5S. The lowest BCUT2D eigenvalue weighted by molar-refractivity contribution is -0.145. The summed E-state index contributed by atoms with van der Waals surface area (Å²) < 4.78 is 10.6. The summed E-state index contributed by atoms with van der Waals surface area (Å²) in [6, 6.07) is 0.431. The van der Waals surface area contributed by atoms with Gasteiger partial charge in [0.15, 0.2) is 0 Å². The van der Waals surface area contributed by atoms with Crippen LogP contribution in [0.15, 0.2) is 0 Å². The van der Waals surface area contributed by atoms with Crippen molar-refractivity contribution < 1.29 is 24.2 Å². The van der Waals surface area contributed by atoms with Crippen molar-refractivity contribution in [3.63, 3.8) is 0 Å². The number of amides is 2. The van der Waals surface area contributed by atoms with E-state index in [0.717, 1.165) is 44.3 Å². The maximum absolute atomic E-state index is 11.7. The van der Waals surface area contributed by atoms with Gasteiger partial charge in [-0.25, -0.2) is 4.79 Å². The van der Waals surface area contributed by atoms with Crippen LogP contribution in [0.4, 0.5) is 4.79 Å². The lowest BCUT2D eigenvalue weighted by Gasteiger charge is -2.16. The minimum atomic E-state index is -0.244. The van der Waals surface area contributed by atoms with E-state index < -0.39 is 0 Å². The number of hydrogen-bond acceptors (Lipinski definition) is 6. The monoisotopic (exact) mass is 388 g/mol. The summed E-state index contributed by atoms with van der Waals surface area (Å²) in [4.78, 5) is 23.0. The van der Waals surface area contributed by atoms with Crippen LogP contribution in [0.1, 0.15) is 51.9 Å². The number of hydrogen-bond donors (Lipinski definition) is 3. The summed E-state index contributed by atoms with van der Waals surface area (Å²) in [6.45, 7) is 3.23. The quantitative estimate of drug-likeness (QED) is 0.253. The van der Waals surface area contributed by atoms with Crippen LogP contribution in [0.25, 0.3) is 0 Å². The zero-order valence-corrected chi connectivity index (χ0v) is 16.4. The minimum Gasteiger partial charge on any atom is -0.463 e. The Bertz CT molecular complexity index is 451. The van der Waals surface area contributed by atoms with Crippen LogP contribution in [0.2, 0.25) is 0 Å². The van der Waals surface area contributed by atoms with Crippen LogP contribution >= 0.6 is 11.8 Å². The molecule has 0 aromatic heterocycles. The number of aliphatic hydroxyl groups excluding tert-OH is 1. The van der Waals surface area contributed by atoms with E-state index in [1.54, 1.807) is 0 Å². The fourth-order valence-corrected chi connectivity index (χ4v) is 4.82. The standard InChI is InChI=1S/C18H32N2O5S/c1-2-13(21)6-5-9-24-10-11-25-16(22)8-4-3-7-15-17-14(12-26-15)19-18(23)20-17/h13-15,17,21H,2-12H2,1H3,(H2,19,20,23)/t13-,14+,15+,17+/m1/s1. The normalized spacial score (nSPS) is 25.5. The summed E-state index contributed by atoms with van der Waals surface area (Å²) in [7, 11) is 0. The summed E-state index contributed by atoms with van der Waals surface area (Å²) in [6.07, 6.45) is 5.30. The summed E-state index contributed by atoms with van der Waals surface area (Å²) in [5.41, 5.74) is 0. The highest BCUT2D eigenvalue weighted by Crippen LogP contribution is 2.33. The smallest absolute Gasteiger partial charge is 0.315 e. The molecule has 26 heavy (non-hydrogen) atoms. The number of aliphatic hydroxyl groups is 1. The highest BCUT2D eigenvalue weighted by atomic mass is 32.2. The fraction of sp³-hybridized carbons (Fsp3) is 0.889. The lowest BCUT2D eigenvalue weighted by atomic mass is 10.0. The molecule has 2 heterocycles. The van der Waals surface area contributed by atoms with Crippen molar-refractivity contribution in [1.29, 1.82) is 0 Å². The first kappa shape index (κ1) is 21.3. The molecule has 3 N–H and O–H groups in total. The third-order valence-electron chi connectivity index (χ3n) is 4.85. The Hall–Kier alpha value is -0.990. The number of nitrogens with one attached hydrogen (secondary N) is 2. The first-order chi connectivity index (χ1) is 12.6. The average Bonchev–Trinajstić information content (AvgIpc) is 3.17. The van der Waals surface area contributed by atoms with Crippen molar-refractivity contribution in [3.05, 3.63) is 0 Å². The van der Waals surface area contributed by atoms with Gasteiger partial charge in [-0.15, -0.1) is 0 Å². The number of esters is 1. The molecule has 2 rings (SSSR count). The van der Waals surface area contributed by atoms with E-state index in [-0.39, 0.29) is 36.8 Å². The van der Waals surface area contributed by atoms with Gasteiger partial charge in [0.1, 0.15) is 6.61 Å². The molecule has 0 aromatic carbocycles. The Labute approximate surface area is 159 Å². The first-order valence-corrected chi connectivity index (χ1v) is 10.7. The third-order valence-corrected chi connectivity index (χ3v) is 6.35. The van der Waals surface area contributed by atoms with E-state index in [2.05, 4.69) is 10.6 Å². The Morgan fingerprint density at radius 2 is 2.12 bits per heavy atom. The van der Waals surface area contributed by atoms with Gasteiger partial charge in [0.05, 0.1) is 24.8 Å². The van der Waals surface area contributed by atoms with Crippen LogP contribution in [0, 0.1) is 0 Å². The highest BCUT2D eigenvalue weighted by Gasteiger charge is 2.42. The van der Waals surface area contributed by atoms with Crippen LogP contribution in [-0.2, 0) is 14.3 Å². The molecule has 8 heteroatoms. The van der Waals surface area contributed by atoms with Crippen LogP contribution in [0.5, 0.6) is 0 Å². The highest BCUT2D eigenvalue weighted by molar-refractivity contribution is 8.00. The molecule has 2 amide bonds. The number of thioether (sulfide) groups is 1. The molecular weight excluding hydrogens is 356 g/mol. The van der Waals surface area contributed by atoms with Crippen molar-refractivity contribution >= 4 is 23.8 Å². The number of carbonyl (C=O) groups excluding carboxylic acids is 2. The Balaban J connectivity index is 1.40. The lowest BCUT2D eigenvalue weighted by Crippen LogP contribution is -2.36. The molecule has 4 atom stereocenters. The number of carbonyl (C=O) groups is 2. The van der Waals surface area contributed by atoms with Crippen LogP contribution in [-0.4, -0.2) is 66.1 Å². The molecule has 2 aliphatic rings. The van der Waals surface area contributed by atoms with Crippen LogP contribution in [0.3, 0.4) is 0 Å². The molecule has 0 spiro atoms. The molecule has 2 aliphatic heterocycles. The SMILES string of the molecule is CC[C@@H](O)CCCOCCOC(=O)CCCC[C@@H]1SC[C@@H]2NC(=O)N[C@@H]21. The number of urea groups is 1. The van der Waals surface area contributed by atoms with Gasteiger partial charge in [0.2, 0.25) is 0 Å². The largest absolute Gasteiger partial charge is 0.463 e. The summed E-state index contributed by atoms with van der Waals surface area (Å²) in [5.74, 6) is 0.788. The molecule has 0 aromatic rings. The second-order valence-electron chi connectivity index (χ2n) is 6.90. The zero-order chi connectivity index (χ0) is 18.8. The maximum atomic E-state index is 11.7. The van der Waals surface area contributed by atoms with E-state index in [1.807, 2.05) is 18.7 Å². The predicted molar refractivity (Wildman–Crippen MR) is 101 cm³/mol. The Kier molecular flexibility index (Phi) is 9.56. The van der Waals surface area contributed by atoms with Crippen molar-refractivity contribution in [2.75, 3.05) is 25.6 Å². The summed E-state index contributed by atoms with van der Waals surface area (Å²) in [5, 5.41) is 15.8. The molecule has 0 saturated carbocycles. The second-order valence-corrected chi connectivity index (χ2v) is 8.18. The predicted octanol–water partition coefficient (Wildman–Crippen LogP) is 1.82. The van der Waals surface area contributed by atoms with E-state index >= 15 is 0 Å². The van der Waals surface area contributed by atoms with E-state index in [1.165, 1.54) is 0 Å². The molecule has 0 unspecified atom stereocenters. The molecule has 0 bridgehead atoms. The van der Waals surface area contributed by atoms with E-state index in [4.69, 9.17) is 9.47 Å². The molecule has 150 valence electrons. The third kappa shape index (κ3) is 7.32. The number of fused-ring (bicyclic) bond motifs is 1. The van der Waals surface area contributed by atoms with Gasteiger partial charge < -0.3 is 25.2 Å². The second kappa shape index (κ2) is 11.7. The zero-order valence-electron chi connectivity index (χ0n) is 15.6. The van der Waals surface area contributed by atoms with Crippen molar-refractivity contribution in [2.45, 2.75) is 75.3 Å². The van der Waals surface area contributed by atoms with Crippen LogP contribution < -0.4 is 10.6 Å². The van der Waals surface area contributed by atoms with E-state index in [0.29, 0.717) is 24.9 Å². The first-order valence-electron chi connectivity index (χ1n) is 9.70. The molecule has 0 radical (unpaired) electrons. The van der Waals surface area contributed by atoms with Crippen molar-refractivity contribution in [2.24, 2.45) is 0 Å². The summed E-state index contributed by atoms with van der Waals surface area (Å²) >= 11 is 1.90. The minimum absolute atomic E-state index is 0.0577. The van der Waals surface area contributed by atoms with Gasteiger partial charge in [-0.1, -0.05) is 13.3 Å². The van der Waals surface area contributed by atoms with Gasteiger partial charge >= 0.3 is 12.0 Å². The average molecular weight is 389 g/mol. The van der Waals surface area contributed by atoms with Crippen molar-refractivity contribution in [1.82, 2.24) is 10.6 Å². The van der Waals surface area contributed by atoms with Gasteiger partial charge in [-0.05, 0) is 32.1 Å². The van der Waals surface area contributed by atoms with Gasteiger partial charge in [0, 0.05) is 24.0 Å². The van der Waals surface area contributed by atoms with Gasteiger partial charge in [-0.2, -0.15) is 11.8 Å². The van der Waals surface area contributed by atoms with E-state index in [9.17, 15) is 14.7 Å². The Morgan fingerprint density at radius 3 is 2.92 bits per heavy atom. The molecule has 2 saturated heterocycles. The molecule has 0 aliphatic carbocycles. The topological polar surface area (TPSA) is 96.9 Å². The molecule has 2 fully saturated rings. The van der Waals surface area contributed by atoms with Gasteiger partial charge in [-0.3, -0.25) is 4.79 Å². The molecule has 7 nitrogen and oxygen atoms in total. The number of ether oxygens (including phenoxy) is 2. The number of rotatable bonds is 13.